The molecule has 0 unspecified atom stereocenters. The fourth-order valence-corrected chi connectivity index (χ4v) is 1.60. The molecular formula is C13H14FN3O3. The fraction of sp³-hybridized carbons (Fsp3) is 0.308. The summed E-state index contributed by atoms with van der Waals surface area (Å²) < 4.78 is 12.9. The van der Waals surface area contributed by atoms with Crippen LogP contribution in [-0.4, -0.2) is 22.6 Å². The minimum atomic E-state index is -1.05. The number of nitrogens with zero attached hydrogens (tertiary/aromatic N) is 1. The van der Waals surface area contributed by atoms with Crippen molar-refractivity contribution in [2.75, 3.05) is 5.32 Å². The highest BCUT2D eigenvalue weighted by molar-refractivity contribution is 5.91. The van der Waals surface area contributed by atoms with Gasteiger partial charge in [0.1, 0.15) is 11.9 Å². The number of nitriles is 1. The molecule has 0 atom stereocenters. The van der Waals surface area contributed by atoms with E-state index in [-0.39, 0.29) is 17.7 Å². The number of carboxylic acids is 1. The Morgan fingerprint density at radius 1 is 1.45 bits per heavy atom. The number of rotatable bonds is 4. The SMILES string of the molecule is CC(C)(CC(=O)O)NC(=O)Nc1ccc(F)cc1C#N. The predicted molar refractivity (Wildman–Crippen MR) is 69.6 cm³/mol. The van der Waals surface area contributed by atoms with Gasteiger partial charge in [0.2, 0.25) is 0 Å². The maximum Gasteiger partial charge on any atom is 0.319 e. The Morgan fingerprint density at radius 2 is 2.10 bits per heavy atom. The van der Waals surface area contributed by atoms with E-state index in [2.05, 4.69) is 10.6 Å². The van der Waals surface area contributed by atoms with E-state index >= 15 is 0 Å². The molecule has 0 radical (unpaired) electrons. The van der Waals surface area contributed by atoms with Crippen LogP contribution >= 0.6 is 0 Å². The summed E-state index contributed by atoms with van der Waals surface area (Å²) in [7, 11) is 0. The lowest BCUT2D eigenvalue weighted by atomic mass is 10.0. The summed E-state index contributed by atoms with van der Waals surface area (Å²) in [5.74, 6) is -1.63. The van der Waals surface area contributed by atoms with Crippen LogP contribution < -0.4 is 10.6 Å². The van der Waals surface area contributed by atoms with E-state index in [0.717, 1.165) is 12.1 Å². The van der Waals surface area contributed by atoms with Gasteiger partial charge < -0.3 is 15.7 Å². The molecule has 3 N–H and O–H groups in total. The summed E-state index contributed by atoms with van der Waals surface area (Å²) in [6, 6.07) is 4.46. The topological polar surface area (TPSA) is 102 Å². The molecule has 20 heavy (non-hydrogen) atoms. The molecule has 1 rings (SSSR count). The highest BCUT2D eigenvalue weighted by Gasteiger charge is 2.24. The molecule has 0 fully saturated rings. The molecular weight excluding hydrogens is 265 g/mol. The smallest absolute Gasteiger partial charge is 0.319 e. The third kappa shape index (κ3) is 4.57. The second-order valence-electron chi connectivity index (χ2n) is 4.84. The minimum Gasteiger partial charge on any atom is -0.481 e. The summed E-state index contributed by atoms with van der Waals surface area (Å²) in [6.45, 7) is 3.10. The molecule has 0 aliphatic heterocycles. The second-order valence-corrected chi connectivity index (χ2v) is 4.84. The number of nitrogens with one attached hydrogen (secondary N) is 2. The molecule has 0 aromatic heterocycles. The van der Waals surface area contributed by atoms with Gasteiger partial charge in [-0.1, -0.05) is 0 Å². The highest BCUT2D eigenvalue weighted by atomic mass is 19.1. The Morgan fingerprint density at radius 3 is 2.65 bits per heavy atom. The molecule has 0 saturated carbocycles. The summed E-state index contributed by atoms with van der Waals surface area (Å²) in [4.78, 5) is 22.4. The van der Waals surface area contributed by atoms with Gasteiger partial charge in [-0.25, -0.2) is 9.18 Å². The van der Waals surface area contributed by atoms with Gasteiger partial charge >= 0.3 is 12.0 Å². The van der Waals surface area contributed by atoms with E-state index in [1.807, 2.05) is 0 Å². The lowest BCUT2D eigenvalue weighted by Gasteiger charge is -2.24. The van der Waals surface area contributed by atoms with E-state index in [4.69, 9.17) is 10.4 Å². The minimum absolute atomic E-state index is 0.0174. The summed E-state index contributed by atoms with van der Waals surface area (Å²) in [6.07, 6.45) is -0.255. The number of carboxylic acid groups (broad SMARTS) is 1. The summed E-state index contributed by atoms with van der Waals surface area (Å²) >= 11 is 0. The predicted octanol–water partition coefficient (Wildman–Crippen LogP) is 2.07. The van der Waals surface area contributed by atoms with Gasteiger partial charge in [0.15, 0.2) is 0 Å². The van der Waals surface area contributed by atoms with Crippen molar-refractivity contribution in [2.45, 2.75) is 25.8 Å². The molecule has 106 valence electrons. The molecule has 2 amide bonds. The Hall–Kier alpha value is -2.62. The molecule has 1 aromatic carbocycles. The van der Waals surface area contributed by atoms with Crippen LogP contribution in [0, 0.1) is 17.1 Å². The van der Waals surface area contributed by atoms with Crippen LogP contribution in [-0.2, 0) is 4.79 Å². The number of hydrogen-bond donors (Lipinski definition) is 3. The summed E-state index contributed by atoms with van der Waals surface area (Å²) in [5, 5.41) is 22.4. The van der Waals surface area contributed by atoms with Crippen molar-refractivity contribution in [2.24, 2.45) is 0 Å². The number of carbonyl (C=O) groups excluding carboxylic acids is 1. The molecule has 0 bridgehead atoms. The first-order valence-corrected chi connectivity index (χ1v) is 5.74. The Bertz CT molecular complexity index is 579. The number of benzene rings is 1. The Kier molecular flexibility index (Phi) is 4.64. The zero-order chi connectivity index (χ0) is 15.3. The largest absolute Gasteiger partial charge is 0.481 e. The van der Waals surface area contributed by atoms with Gasteiger partial charge in [0, 0.05) is 5.54 Å². The zero-order valence-electron chi connectivity index (χ0n) is 11.0. The third-order valence-corrected chi connectivity index (χ3v) is 2.40. The number of anilines is 1. The van der Waals surface area contributed by atoms with Crippen LogP contribution in [0.4, 0.5) is 14.9 Å². The maximum atomic E-state index is 12.9. The van der Waals surface area contributed by atoms with Gasteiger partial charge in [-0.2, -0.15) is 5.26 Å². The normalized spacial score (nSPS) is 10.5. The van der Waals surface area contributed by atoms with E-state index in [1.54, 1.807) is 19.9 Å². The average molecular weight is 279 g/mol. The first kappa shape index (κ1) is 15.4. The van der Waals surface area contributed by atoms with Crippen LogP contribution in [0.15, 0.2) is 18.2 Å². The van der Waals surface area contributed by atoms with Crippen LogP contribution in [0.2, 0.25) is 0 Å². The molecule has 0 heterocycles. The van der Waals surface area contributed by atoms with Gasteiger partial charge in [-0.3, -0.25) is 4.79 Å². The average Bonchev–Trinajstić information content (AvgIpc) is 2.28. The van der Waals surface area contributed by atoms with Crippen molar-refractivity contribution in [3.8, 4) is 6.07 Å². The van der Waals surface area contributed by atoms with E-state index < -0.39 is 23.4 Å². The van der Waals surface area contributed by atoms with Gasteiger partial charge in [0.05, 0.1) is 17.7 Å². The van der Waals surface area contributed by atoms with Crippen LogP contribution in [0.1, 0.15) is 25.8 Å². The molecule has 7 heteroatoms. The van der Waals surface area contributed by atoms with Crippen molar-refractivity contribution in [1.29, 1.82) is 5.26 Å². The number of urea groups is 1. The van der Waals surface area contributed by atoms with Crippen molar-refractivity contribution in [3.05, 3.63) is 29.6 Å². The third-order valence-electron chi connectivity index (χ3n) is 2.40. The van der Waals surface area contributed by atoms with E-state index in [9.17, 15) is 14.0 Å². The van der Waals surface area contributed by atoms with Gasteiger partial charge in [-0.05, 0) is 32.0 Å². The quantitative estimate of drug-likeness (QED) is 0.785. The van der Waals surface area contributed by atoms with E-state index in [1.165, 1.54) is 6.07 Å². The molecule has 1 aromatic rings. The second kappa shape index (κ2) is 6.02. The number of halogens is 1. The fourth-order valence-electron chi connectivity index (χ4n) is 1.60. The molecule has 0 spiro atoms. The Labute approximate surface area is 115 Å². The molecule has 0 aliphatic rings. The standard InChI is InChI=1S/C13H14FN3O3/c1-13(2,6-11(18)19)17-12(20)16-10-4-3-9(14)5-8(10)7-15/h3-5H,6H2,1-2H3,(H,18,19)(H2,16,17,20). The van der Waals surface area contributed by atoms with Crippen molar-refractivity contribution in [1.82, 2.24) is 5.32 Å². The maximum absolute atomic E-state index is 12.9. The molecule has 6 nitrogen and oxygen atoms in total. The highest BCUT2D eigenvalue weighted by Crippen LogP contribution is 2.16. The van der Waals surface area contributed by atoms with Crippen LogP contribution in [0.25, 0.3) is 0 Å². The van der Waals surface area contributed by atoms with Crippen LogP contribution in [0.5, 0.6) is 0 Å². The van der Waals surface area contributed by atoms with Crippen molar-refractivity contribution in [3.63, 3.8) is 0 Å². The first-order valence-electron chi connectivity index (χ1n) is 5.74. The monoisotopic (exact) mass is 279 g/mol. The number of hydrogen-bond acceptors (Lipinski definition) is 3. The van der Waals surface area contributed by atoms with Crippen LogP contribution in [0.3, 0.4) is 0 Å². The molecule has 0 aliphatic carbocycles. The van der Waals surface area contributed by atoms with E-state index in [0.29, 0.717) is 0 Å². The van der Waals surface area contributed by atoms with Crippen molar-refractivity contribution < 1.29 is 19.1 Å². The number of carbonyl (C=O) groups is 2. The number of amides is 2. The van der Waals surface area contributed by atoms with Crippen molar-refractivity contribution >= 4 is 17.7 Å². The molecule has 0 saturated heterocycles. The Balaban J connectivity index is 2.77. The van der Waals surface area contributed by atoms with Gasteiger partial charge in [-0.15, -0.1) is 0 Å². The zero-order valence-corrected chi connectivity index (χ0v) is 11.0. The van der Waals surface area contributed by atoms with Gasteiger partial charge in [0.25, 0.3) is 0 Å². The number of aliphatic carboxylic acids is 1. The lowest BCUT2D eigenvalue weighted by Crippen LogP contribution is -2.46. The summed E-state index contributed by atoms with van der Waals surface area (Å²) in [5.41, 5.74) is -0.823. The lowest BCUT2D eigenvalue weighted by molar-refractivity contribution is -0.138. The first-order chi connectivity index (χ1) is 9.23.